The van der Waals surface area contributed by atoms with Crippen molar-refractivity contribution in [1.29, 1.82) is 0 Å². The molecule has 2 heterocycles. The number of rotatable bonds is 3. The zero-order valence-electron chi connectivity index (χ0n) is 15.9. The van der Waals surface area contributed by atoms with Crippen LogP contribution < -0.4 is 10.6 Å². The van der Waals surface area contributed by atoms with Crippen LogP contribution in [0.5, 0.6) is 0 Å². The number of nitrogens with zero attached hydrogens (tertiary/aromatic N) is 1. The van der Waals surface area contributed by atoms with Gasteiger partial charge < -0.3 is 15.5 Å². The monoisotopic (exact) mass is 429 g/mol. The molecule has 2 aromatic rings. The van der Waals surface area contributed by atoms with Gasteiger partial charge >= 0.3 is 6.03 Å². The van der Waals surface area contributed by atoms with Crippen LogP contribution >= 0.6 is 22.9 Å². The number of hydrogen-bond donors (Lipinski definition) is 2. The average Bonchev–Trinajstić information content (AvgIpc) is 3.19. The lowest BCUT2D eigenvalue weighted by atomic mass is 9.90. The van der Waals surface area contributed by atoms with Crippen LogP contribution in [0.4, 0.5) is 16.2 Å². The van der Waals surface area contributed by atoms with Gasteiger partial charge in [0.05, 0.1) is 23.2 Å². The summed E-state index contributed by atoms with van der Waals surface area (Å²) >= 11 is 7.38. The predicted octanol–water partition coefficient (Wildman–Crippen LogP) is 4.99. The maximum atomic E-state index is 12.8. The molecule has 0 bridgehead atoms. The Morgan fingerprint density at radius 1 is 1.31 bits per heavy atom. The summed E-state index contributed by atoms with van der Waals surface area (Å²) in [5.41, 5.74) is 3.77. The number of hydrogen-bond acceptors (Lipinski definition) is 4. The number of ketones is 1. The minimum atomic E-state index is -0.415. The maximum Gasteiger partial charge on any atom is 0.323 e. The Bertz CT molecular complexity index is 1050. The first-order valence-electron chi connectivity index (χ1n) is 9.28. The Morgan fingerprint density at radius 2 is 2.10 bits per heavy atom. The zero-order chi connectivity index (χ0) is 20.7. The second-order valence-electron chi connectivity index (χ2n) is 7.38. The molecule has 150 valence electrons. The molecule has 1 aliphatic carbocycles. The Kier molecular flexibility index (Phi) is 5.19. The molecular weight excluding hydrogens is 410 g/mol. The summed E-state index contributed by atoms with van der Waals surface area (Å²) in [5, 5.41) is 7.88. The van der Waals surface area contributed by atoms with Crippen LogP contribution in [0, 0.1) is 6.92 Å². The largest absolute Gasteiger partial charge is 0.323 e. The molecule has 8 heteroatoms. The smallest absolute Gasteiger partial charge is 0.323 e. The van der Waals surface area contributed by atoms with Gasteiger partial charge in [-0.3, -0.25) is 9.59 Å². The van der Waals surface area contributed by atoms with Gasteiger partial charge in [-0.15, -0.1) is 11.3 Å². The Hall–Kier alpha value is -2.64. The van der Waals surface area contributed by atoms with Gasteiger partial charge in [0, 0.05) is 28.1 Å². The molecule has 2 aliphatic rings. The highest BCUT2D eigenvalue weighted by Crippen LogP contribution is 2.38. The van der Waals surface area contributed by atoms with Crippen LogP contribution in [0.1, 0.15) is 40.1 Å². The Morgan fingerprint density at radius 3 is 2.83 bits per heavy atom. The van der Waals surface area contributed by atoms with E-state index < -0.39 is 12.1 Å². The van der Waals surface area contributed by atoms with E-state index in [0.717, 1.165) is 23.1 Å². The number of benzene rings is 1. The summed E-state index contributed by atoms with van der Waals surface area (Å²) in [6.07, 6.45) is 1.69. The van der Waals surface area contributed by atoms with Crippen molar-refractivity contribution in [2.45, 2.75) is 38.8 Å². The van der Waals surface area contributed by atoms with Gasteiger partial charge in [0.1, 0.15) is 0 Å². The van der Waals surface area contributed by atoms with Crippen molar-refractivity contribution in [1.82, 2.24) is 4.90 Å². The van der Waals surface area contributed by atoms with E-state index in [2.05, 4.69) is 17.2 Å². The van der Waals surface area contributed by atoms with Crippen molar-refractivity contribution in [3.63, 3.8) is 0 Å². The summed E-state index contributed by atoms with van der Waals surface area (Å²) in [6, 6.07) is 4.45. The number of aryl methyl sites for hydroxylation is 1. The van der Waals surface area contributed by atoms with Crippen LogP contribution in [0.25, 0.3) is 0 Å². The Labute approximate surface area is 177 Å². The lowest BCUT2D eigenvalue weighted by molar-refractivity contribution is -0.124. The molecule has 0 saturated heterocycles. The predicted molar refractivity (Wildman–Crippen MR) is 115 cm³/mol. The van der Waals surface area contributed by atoms with Gasteiger partial charge in [0.2, 0.25) is 0 Å². The fourth-order valence-electron chi connectivity index (χ4n) is 3.69. The number of fused-ring (bicyclic) bond motifs is 1. The van der Waals surface area contributed by atoms with Crippen molar-refractivity contribution < 1.29 is 14.4 Å². The van der Waals surface area contributed by atoms with Gasteiger partial charge in [-0.1, -0.05) is 29.8 Å². The molecule has 1 aliphatic heterocycles. The van der Waals surface area contributed by atoms with E-state index in [0.29, 0.717) is 40.7 Å². The molecule has 1 fully saturated rings. The molecule has 2 N–H and O–H groups in total. The molecule has 6 nitrogen and oxygen atoms in total. The SMILES string of the molecule is C=C1CCC(N2Cc3c(NC(=O)Nc4ccc(C)c(Cl)c4)csc3C2=O)C(=O)C1. The normalized spacial score (nSPS) is 18.8. The molecule has 1 unspecified atom stereocenters. The van der Waals surface area contributed by atoms with Crippen molar-refractivity contribution in [3.05, 3.63) is 56.8 Å². The molecule has 1 aromatic carbocycles. The molecule has 0 radical (unpaired) electrons. The Balaban J connectivity index is 1.46. The van der Waals surface area contributed by atoms with Crippen molar-refractivity contribution in [2.24, 2.45) is 0 Å². The van der Waals surface area contributed by atoms with Crippen LogP contribution in [0.15, 0.2) is 35.7 Å². The van der Waals surface area contributed by atoms with E-state index in [-0.39, 0.29) is 11.7 Å². The first-order chi connectivity index (χ1) is 13.8. The summed E-state index contributed by atoms with van der Waals surface area (Å²) in [5.74, 6) is -0.108. The fraction of sp³-hybridized carbons (Fsp3) is 0.286. The van der Waals surface area contributed by atoms with E-state index in [9.17, 15) is 14.4 Å². The summed E-state index contributed by atoms with van der Waals surface area (Å²) in [7, 11) is 0. The van der Waals surface area contributed by atoms with Crippen LogP contribution in [0.3, 0.4) is 0 Å². The van der Waals surface area contributed by atoms with Gasteiger partial charge in [-0.05, 0) is 37.5 Å². The van der Waals surface area contributed by atoms with E-state index in [1.807, 2.05) is 13.0 Å². The number of Topliss-reactive ketones (excluding diaryl/α,β-unsaturated/α-hetero) is 1. The molecule has 1 aromatic heterocycles. The van der Waals surface area contributed by atoms with Gasteiger partial charge in [0.25, 0.3) is 5.91 Å². The number of halogens is 1. The topological polar surface area (TPSA) is 78.5 Å². The molecule has 3 amide bonds. The molecule has 1 saturated carbocycles. The maximum absolute atomic E-state index is 12.8. The third kappa shape index (κ3) is 3.80. The summed E-state index contributed by atoms with van der Waals surface area (Å²) in [4.78, 5) is 39.8. The number of urea groups is 1. The second-order valence-corrected chi connectivity index (χ2v) is 8.67. The van der Waals surface area contributed by atoms with Gasteiger partial charge in [-0.25, -0.2) is 4.79 Å². The third-order valence-electron chi connectivity index (χ3n) is 5.30. The number of carbonyl (C=O) groups excluding carboxylic acids is 3. The zero-order valence-corrected chi connectivity index (χ0v) is 17.5. The first-order valence-corrected chi connectivity index (χ1v) is 10.5. The quantitative estimate of drug-likeness (QED) is 0.675. The number of amides is 3. The minimum absolute atomic E-state index is 0.0354. The minimum Gasteiger partial charge on any atom is -0.323 e. The number of allylic oxidation sites excluding steroid dienone is 1. The van der Waals surface area contributed by atoms with Gasteiger partial charge in [0.15, 0.2) is 5.78 Å². The third-order valence-corrected chi connectivity index (χ3v) is 6.72. The number of thiophene rings is 1. The van der Waals surface area contributed by atoms with Crippen LogP contribution in [0.2, 0.25) is 5.02 Å². The molecule has 0 spiro atoms. The first kappa shape index (κ1) is 19.7. The van der Waals surface area contributed by atoms with Gasteiger partial charge in [-0.2, -0.15) is 0 Å². The number of nitrogens with one attached hydrogen (secondary N) is 2. The molecular formula is C21H20ClN3O3S. The lowest BCUT2D eigenvalue weighted by Gasteiger charge is -2.30. The van der Waals surface area contributed by atoms with Crippen LogP contribution in [-0.4, -0.2) is 28.7 Å². The highest BCUT2D eigenvalue weighted by Gasteiger charge is 2.40. The standard InChI is InChI=1S/C21H20ClN3O3S/c1-11-3-6-17(18(26)7-11)25-9-14-16(10-29-19(14)20(25)27)24-21(28)23-13-5-4-12(2)15(22)8-13/h4-5,8,10,17H,1,3,6-7,9H2,2H3,(H2,23,24,28). The van der Waals surface area contributed by atoms with Crippen LogP contribution in [-0.2, 0) is 11.3 Å². The fourth-order valence-corrected chi connectivity index (χ4v) is 4.84. The van der Waals surface area contributed by atoms with E-state index in [1.165, 1.54) is 11.3 Å². The van der Waals surface area contributed by atoms with E-state index >= 15 is 0 Å². The van der Waals surface area contributed by atoms with Crippen molar-refractivity contribution >= 4 is 52.0 Å². The summed E-state index contributed by atoms with van der Waals surface area (Å²) in [6.45, 7) is 6.09. The van der Waals surface area contributed by atoms with E-state index in [1.54, 1.807) is 22.4 Å². The second kappa shape index (κ2) is 7.65. The van der Waals surface area contributed by atoms with Crippen molar-refractivity contribution in [2.75, 3.05) is 10.6 Å². The highest BCUT2D eigenvalue weighted by atomic mass is 35.5. The molecule has 4 rings (SSSR count). The van der Waals surface area contributed by atoms with E-state index in [4.69, 9.17) is 11.6 Å². The number of anilines is 2. The summed E-state index contributed by atoms with van der Waals surface area (Å²) < 4.78 is 0. The number of carbonyl (C=O) groups is 3. The van der Waals surface area contributed by atoms with Crippen molar-refractivity contribution in [3.8, 4) is 0 Å². The lowest BCUT2D eigenvalue weighted by Crippen LogP contribution is -2.43. The average molecular weight is 430 g/mol. The molecule has 1 atom stereocenters. The highest BCUT2D eigenvalue weighted by molar-refractivity contribution is 7.13. The molecule has 29 heavy (non-hydrogen) atoms.